The molecule has 1 heteroatoms. The van der Waals surface area contributed by atoms with Crippen LogP contribution in [-0.4, -0.2) is 0 Å². The van der Waals surface area contributed by atoms with E-state index >= 15 is 0 Å². The minimum Gasteiger partial charge on any atom is -0.192 e. The lowest BCUT2D eigenvalue weighted by Gasteiger charge is -2.26. The highest BCUT2D eigenvalue weighted by atomic mass is 14.2. The van der Waals surface area contributed by atoms with Gasteiger partial charge in [0, 0.05) is 5.56 Å². The van der Waals surface area contributed by atoms with E-state index in [0.29, 0.717) is 11.5 Å². The molecule has 1 aromatic rings. The van der Waals surface area contributed by atoms with Gasteiger partial charge in [-0.3, -0.25) is 0 Å². The van der Waals surface area contributed by atoms with E-state index < -0.39 is 0 Å². The zero-order chi connectivity index (χ0) is 15.6. The molecule has 0 atom stereocenters. The van der Waals surface area contributed by atoms with Crippen molar-refractivity contribution in [2.45, 2.75) is 51.9 Å². The molecule has 1 fully saturated rings. The summed E-state index contributed by atoms with van der Waals surface area (Å²) < 4.78 is 0. The van der Waals surface area contributed by atoms with Gasteiger partial charge in [-0.25, -0.2) is 0 Å². The third kappa shape index (κ3) is 5.42. The molecule has 1 nitrogen and oxygen atoms in total. The predicted octanol–water partition coefficient (Wildman–Crippen LogP) is 5.46. The first-order chi connectivity index (χ1) is 10.8. The van der Waals surface area contributed by atoms with Gasteiger partial charge in [-0.15, -0.1) is 0 Å². The van der Waals surface area contributed by atoms with Gasteiger partial charge in [0.15, 0.2) is 0 Å². The average molecular weight is 291 g/mol. The van der Waals surface area contributed by atoms with Crippen LogP contribution in [0.5, 0.6) is 0 Å². The summed E-state index contributed by atoms with van der Waals surface area (Å²) in [6, 6.07) is 9.54. The van der Waals surface area contributed by atoms with Gasteiger partial charge in [0.1, 0.15) is 0 Å². The molecule has 0 aromatic heterocycles. The van der Waals surface area contributed by atoms with E-state index in [1.54, 1.807) is 0 Å². The van der Waals surface area contributed by atoms with Crippen LogP contribution in [0, 0.1) is 35.0 Å². The second-order valence-corrected chi connectivity index (χ2v) is 6.24. The number of hydrogen-bond donors (Lipinski definition) is 0. The minimum absolute atomic E-state index is 0.681. The molecule has 114 valence electrons. The Morgan fingerprint density at radius 3 is 2.41 bits per heavy atom. The van der Waals surface area contributed by atoms with Crippen molar-refractivity contribution in [1.29, 1.82) is 5.26 Å². The highest BCUT2D eigenvalue weighted by Gasteiger charge is 2.18. The summed E-state index contributed by atoms with van der Waals surface area (Å²) in [6.45, 7) is 2.28. The summed E-state index contributed by atoms with van der Waals surface area (Å²) in [5.41, 5.74) is 1.65. The number of nitrogens with zero attached hydrogens (tertiary/aromatic N) is 1. The van der Waals surface area contributed by atoms with Gasteiger partial charge in [-0.2, -0.15) is 5.26 Å². The molecular formula is C21H25N. The number of benzene rings is 1. The number of rotatable bonds is 4. The molecule has 0 spiro atoms. The van der Waals surface area contributed by atoms with Crippen molar-refractivity contribution in [2.24, 2.45) is 11.8 Å². The Balaban J connectivity index is 1.77. The third-order valence-electron chi connectivity index (χ3n) is 4.54. The van der Waals surface area contributed by atoms with E-state index in [1.807, 2.05) is 30.3 Å². The van der Waals surface area contributed by atoms with E-state index in [-0.39, 0.29) is 0 Å². The Hall–Kier alpha value is -1.99. The van der Waals surface area contributed by atoms with Gasteiger partial charge in [-0.05, 0) is 67.9 Å². The fourth-order valence-corrected chi connectivity index (χ4v) is 3.10. The molecule has 1 saturated carbocycles. The van der Waals surface area contributed by atoms with Crippen molar-refractivity contribution in [3.63, 3.8) is 0 Å². The monoisotopic (exact) mass is 291 g/mol. The molecule has 0 bridgehead atoms. The third-order valence-corrected chi connectivity index (χ3v) is 4.54. The van der Waals surface area contributed by atoms with E-state index in [9.17, 15) is 0 Å². The van der Waals surface area contributed by atoms with Gasteiger partial charge in [-0.1, -0.05) is 44.1 Å². The molecule has 0 unspecified atom stereocenters. The van der Waals surface area contributed by atoms with Gasteiger partial charge in [0.05, 0.1) is 11.6 Å². The molecular weight excluding hydrogens is 266 g/mol. The summed E-state index contributed by atoms with van der Waals surface area (Å²) in [5, 5.41) is 8.76. The van der Waals surface area contributed by atoms with E-state index in [4.69, 9.17) is 5.26 Å². The maximum absolute atomic E-state index is 8.76. The van der Waals surface area contributed by atoms with Crippen molar-refractivity contribution in [2.75, 3.05) is 0 Å². The summed E-state index contributed by atoms with van der Waals surface area (Å²) in [6.07, 6.45) is 13.8. The Kier molecular flexibility index (Phi) is 6.79. The SMILES string of the molecule is CCCCC1CCC(/C=C/C#Cc2ccc(C#N)cc2)CC1. The Bertz CT molecular complexity index is 569. The summed E-state index contributed by atoms with van der Waals surface area (Å²) in [7, 11) is 0. The highest BCUT2D eigenvalue weighted by molar-refractivity contribution is 5.41. The van der Waals surface area contributed by atoms with Crippen molar-refractivity contribution in [1.82, 2.24) is 0 Å². The number of allylic oxidation sites excluding steroid dienone is 2. The summed E-state index contributed by atoms with van der Waals surface area (Å²) >= 11 is 0. The maximum Gasteiger partial charge on any atom is 0.0991 e. The quantitative estimate of drug-likeness (QED) is 0.675. The zero-order valence-corrected chi connectivity index (χ0v) is 13.5. The number of nitriles is 1. The first kappa shape index (κ1) is 16.4. The van der Waals surface area contributed by atoms with Crippen molar-refractivity contribution in [3.05, 3.63) is 47.5 Å². The van der Waals surface area contributed by atoms with Crippen LogP contribution in [-0.2, 0) is 0 Å². The second kappa shape index (κ2) is 9.11. The Labute approximate surface area is 135 Å². The molecule has 1 aromatic carbocycles. The van der Waals surface area contributed by atoms with Crippen molar-refractivity contribution < 1.29 is 0 Å². The number of hydrogen-bond acceptors (Lipinski definition) is 1. The van der Waals surface area contributed by atoms with E-state index in [2.05, 4.69) is 30.9 Å². The summed E-state index contributed by atoms with van der Waals surface area (Å²) in [4.78, 5) is 0. The standard InChI is InChI=1S/C21H25N/c1-2-3-6-18-9-11-19(12-10-18)7-4-5-8-20-13-15-21(17-22)16-14-20/h4,7,13-16,18-19H,2-3,6,9-12H2,1H3/b7-4+. The lowest BCUT2D eigenvalue weighted by atomic mass is 9.80. The molecule has 0 saturated heterocycles. The zero-order valence-electron chi connectivity index (χ0n) is 13.5. The van der Waals surface area contributed by atoms with Gasteiger partial charge in [0.2, 0.25) is 0 Å². The first-order valence-corrected chi connectivity index (χ1v) is 8.50. The van der Waals surface area contributed by atoms with Crippen LogP contribution in [0.15, 0.2) is 36.4 Å². The summed E-state index contributed by atoms with van der Waals surface area (Å²) in [5.74, 6) is 7.93. The molecule has 0 N–H and O–H groups in total. The average Bonchev–Trinajstić information content (AvgIpc) is 2.58. The first-order valence-electron chi connectivity index (χ1n) is 8.50. The van der Waals surface area contributed by atoms with E-state index in [1.165, 1.54) is 44.9 Å². The molecule has 1 aliphatic rings. The van der Waals surface area contributed by atoms with Crippen LogP contribution in [0.2, 0.25) is 0 Å². The highest BCUT2D eigenvalue weighted by Crippen LogP contribution is 2.32. The fourth-order valence-electron chi connectivity index (χ4n) is 3.10. The molecule has 0 amide bonds. The lowest BCUT2D eigenvalue weighted by molar-refractivity contribution is 0.291. The normalized spacial score (nSPS) is 21.1. The Morgan fingerprint density at radius 2 is 1.77 bits per heavy atom. The molecule has 2 rings (SSSR count). The van der Waals surface area contributed by atoms with Gasteiger partial charge < -0.3 is 0 Å². The van der Waals surface area contributed by atoms with Crippen LogP contribution in [0.25, 0.3) is 0 Å². The minimum atomic E-state index is 0.681. The fraction of sp³-hybridized carbons (Fsp3) is 0.476. The molecule has 22 heavy (non-hydrogen) atoms. The van der Waals surface area contributed by atoms with Crippen LogP contribution in [0.3, 0.4) is 0 Å². The molecule has 0 aliphatic heterocycles. The smallest absolute Gasteiger partial charge is 0.0991 e. The predicted molar refractivity (Wildman–Crippen MR) is 92.1 cm³/mol. The Morgan fingerprint density at radius 1 is 1.09 bits per heavy atom. The van der Waals surface area contributed by atoms with Crippen LogP contribution in [0.1, 0.15) is 63.0 Å². The second-order valence-electron chi connectivity index (χ2n) is 6.24. The van der Waals surface area contributed by atoms with Crippen LogP contribution in [0.4, 0.5) is 0 Å². The number of unbranched alkanes of at least 4 members (excludes halogenated alkanes) is 1. The van der Waals surface area contributed by atoms with Crippen molar-refractivity contribution >= 4 is 0 Å². The molecule has 0 radical (unpaired) electrons. The van der Waals surface area contributed by atoms with Crippen LogP contribution < -0.4 is 0 Å². The van der Waals surface area contributed by atoms with E-state index in [0.717, 1.165) is 11.5 Å². The van der Waals surface area contributed by atoms with Gasteiger partial charge in [0.25, 0.3) is 0 Å². The lowest BCUT2D eigenvalue weighted by Crippen LogP contribution is -2.12. The van der Waals surface area contributed by atoms with Crippen LogP contribution >= 0.6 is 0 Å². The largest absolute Gasteiger partial charge is 0.192 e. The topological polar surface area (TPSA) is 23.8 Å². The molecule has 1 aliphatic carbocycles. The van der Waals surface area contributed by atoms with Crippen molar-refractivity contribution in [3.8, 4) is 17.9 Å². The van der Waals surface area contributed by atoms with Gasteiger partial charge >= 0.3 is 0 Å². The molecule has 0 heterocycles. The maximum atomic E-state index is 8.76.